The van der Waals surface area contributed by atoms with Crippen molar-refractivity contribution in [3.8, 4) is 5.75 Å². The lowest BCUT2D eigenvalue weighted by molar-refractivity contribution is 0.0303. The van der Waals surface area contributed by atoms with Gasteiger partial charge >= 0.3 is 0 Å². The van der Waals surface area contributed by atoms with E-state index in [0.29, 0.717) is 49.7 Å². The van der Waals surface area contributed by atoms with Crippen LogP contribution in [0.4, 0.5) is 5.69 Å². The van der Waals surface area contributed by atoms with Crippen molar-refractivity contribution in [2.75, 3.05) is 38.2 Å². The predicted molar refractivity (Wildman–Crippen MR) is 132 cm³/mol. The van der Waals surface area contributed by atoms with E-state index in [1.54, 1.807) is 41.3 Å². The Bertz CT molecular complexity index is 1080. The minimum absolute atomic E-state index is 0.0512. The first-order valence-electron chi connectivity index (χ1n) is 11.7. The van der Waals surface area contributed by atoms with Gasteiger partial charge in [0.25, 0.3) is 11.8 Å². The average molecular weight is 459 g/mol. The van der Waals surface area contributed by atoms with Crippen molar-refractivity contribution in [1.29, 1.82) is 0 Å². The van der Waals surface area contributed by atoms with E-state index in [1.165, 1.54) is 5.56 Å². The second kappa shape index (κ2) is 12.0. The summed E-state index contributed by atoms with van der Waals surface area (Å²) in [5, 5.41) is 2.88. The van der Waals surface area contributed by atoms with Crippen LogP contribution < -0.4 is 10.1 Å². The first-order chi connectivity index (χ1) is 16.7. The second-order valence-electron chi connectivity index (χ2n) is 8.26. The maximum Gasteiger partial charge on any atom is 0.255 e. The minimum atomic E-state index is -0.231. The maximum atomic E-state index is 12.7. The van der Waals surface area contributed by atoms with Crippen LogP contribution in [0, 0.1) is 0 Å². The van der Waals surface area contributed by atoms with Crippen molar-refractivity contribution in [1.82, 2.24) is 4.90 Å². The van der Waals surface area contributed by atoms with E-state index in [4.69, 9.17) is 9.47 Å². The molecule has 1 fully saturated rings. The van der Waals surface area contributed by atoms with Gasteiger partial charge in [-0.25, -0.2) is 0 Å². The first-order valence-corrected chi connectivity index (χ1v) is 11.7. The molecular weight excluding hydrogens is 428 g/mol. The molecule has 0 bridgehead atoms. The fraction of sp³-hybridized carbons (Fsp3) is 0.286. The molecule has 0 aliphatic carbocycles. The highest BCUT2D eigenvalue weighted by Gasteiger charge is 2.19. The maximum absolute atomic E-state index is 12.7. The van der Waals surface area contributed by atoms with Crippen molar-refractivity contribution < 1.29 is 19.1 Å². The minimum Gasteiger partial charge on any atom is -0.494 e. The number of carbonyl (C=O) groups is 2. The zero-order valence-electron chi connectivity index (χ0n) is 19.2. The number of hydrogen-bond acceptors (Lipinski definition) is 4. The highest BCUT2D eigenvalue weighted by atomic mass is 16.5. The van der Waals surface area contributed by atoms with Crippen LogP contribution in [0.3, 0.4) is 0 Å². The Hall–Kier alpha value is -3.64. The summed E-state index contributed by atoms with van der Waals surface area (Å²) in [5.41, 5.74) is 3.01. The molecule has 34 heavy (non-hydrogen) atoms. The smallest absolute Gasteiger partial charge is 0.255 e. The van der Waals surface area contributed by atoms with Crippen LogP contribution >= 0.6 is 0 Å². The number of amides is 2. The number of rotatable bonds is 9. The molecule has 6 heteroatoms. The summed E-state index contributed by atoms with van der Waals surface area (Å²) in [6, 6.07) is 24.6. The first kappa shape index (κ1) is 23.5. The molecule has 4 rings (SSSR count). The van der Waals surface area contributed by atoms with Gasteiger partial charge in [0.05, 0.1) is 19.8 Å². The molecule has 0 aromatic heterocycles. The summed E-state index contributed by atoms with van der Waals surface area (Å²) in [7, 11) is 0. The van der Waals surface area contributed by atoms with Gasteiger partial charge in [-0.2, -0.15) is 0 Å². The molecule has 0 spiro atoms. The van der Waals surface area contributed by atoms with E-state index in [9.17, 15) is 9.59 Å². The van der Waals surface area contributed by atoms with Crippen molar-refractivity contribution >= 4 is 17.5 Å². The average Bonchev–Trinajstić information content (AvgIpc) is 2.89. The summed E-state index contributed by atoms with van der Waals surface area (Å²) in [4.78, 5) is 27.1. The third-order valence-corrected chi connectivity index (χ3v) is 5.75. The SMILES string of the molecule is O=C(Nc1cccc(C(=O)N2CCOCC2)c1)c1ccc(OCCCCc2ccccc2)cc1. The van der Waals surface area contributed by atoms with E-state index in [2.05, 4.69) is 29.6 Å². The standard InChI is InChI=1S/C28H30N2O4/c31-27(29-25-11-6-10-24(21-25)28(32)30-16-19-33-20-17-30)23-12-14-26(15-13-23)34-18-5-4-9-22-7-2-1-3-8-22/h1-3,6-8,10-15,21H,4-5,9,16-20H2,(H,29,31). The number of aryl methyl sites for hydroxylation is 1. The van der Waals surface area contributed by atoms with E-state index < -0.39 is 0 Å². The number of carbonyl (C=O) groups excluding carboxylic acids is 2. The van der Waals surface area contributed by atoms with Gasteiger partial charge < -0.3 is 19.7 Å². The molecule has 0 radical (unpaired) electrons. The molecule has 1 saturated heterocycles. The molecule has 6 nitrogen and oxygen atoms in total. The summed E-state index contributed by atoms with van der Waals surface area (Å²) >= 11 is 0. The van der Waals surface area contributed by atoms with E-state index in [1.807, 2.05) is 18.2 Å². The van der Waals surface area contributed by atoms with Gasteiger partial charge in [-0.3, -0.25) is 9.59 Å². The molecule has 3 aromatic carbocycles. The van der Waals surface area contributed by atoms with Gasteiger partial charge in [-0.05, 0) is 67.3 Å². The van der Waals surface area contributed by atoms with Crippen molar-refractivity contribution in [2.45, 2.75) is 19.3 Å². The lowest BCUT2D eigenvalue weighted by Crippen LogP contribution is -2.40. The Morgan fingerprint density at radius 1 is 0.853 bits per heavy atom. The van der Waals surface area contributed by atoms with Gasteiger partial charge in [-0.1, -0.05) is 36.4 Å². The quantitative estimate of drug-likeness (QED) is 0.467. The van der Waals surface area contributed by atoms with Gasteiger partial charge in [-0.15, -0.1) is 0 Å². The molecule has 2 amide bonds. The molecule has 1 aliphatic rings. The van der Waals surface area contributed by atoms with E-state index >= 15 is 0 Å². The monoisotopic (exact) mass is 458 g/mol. The summed E-state index contributed by atoms with van der Waals surface area (Å²) in [6.07, 6.45) is 3.08. The number of unbranched alkanes of at least 4 members (excludes halogenated alkanes) is 1. The number of nitrogens with one attached hydrogen (secondary N) is 1. The fourth-order valence-corrected chi connectivity index (χ4v) is 3.85. The van der Waals surface area contributed by atoms with Gasteiger partial charge in [0.15, 0.2) is 0 Å². The number of ether oxygens (including phenoxy) is 2. The lowest BCUT2D eigenvalue weighted by atomic mass is 10.1. The molecule has 0 atom stereocenters. The van der Waals surface area contributed by atoms with Crippen LogP contribution in [0.15, 0.2) is 78.9 Å². The molecular formula is C28H30N2O4. The Morgan fingerprint density at radius 2 is 1.62 bits per heavy atom. The van der Waals surface area contributed by atoms with Gasteiger partial charge in [0.2, 0.25) is 0 Å². The number of nitrogens with zero attached hydrogens (tertiary/aromatic N) is 1. The van der Waals surface area contributed by atoms with Crippen LogP contribution in [-0.4, -0.2) is 49.6 Å². The Labute approximate surface area is 200 Å². The summed E-state index contributed by atoms with van der Waals surface area (Å²) in [5.74, 6) is 0.462. The highest BCUT2D eigenvalue weighted by molar-refractivity contribution is 6.05. The zero-order chi connectivity index (χ0) is 23.6. The molecule has 0 saturated carbocycles. The topological polar surface area (TPSA) is 67.9 Å². The number of morpholine rings is 1. The summed E-state index contributed by atoms with van der Waals surface area (Å²) in [6.45, 7) is 2.90. The van der Waals surface area contributed by atoms with Crippen molar-refractivity contribution in [3.63, 3.8) is 0 Å². The second-order valence-corrected chi connectivity index (χ2v) is 8.26. The van der Waals surface area contributed by atoms with Gasteiger partial charge in [0.1, 0.15) is 5.75 Å². The van der Waals surface area contributed by atoms with Crippen LogP contribution in [0.1, 0.15) is 39.1 Å². The van der Waals surface area contributed by atoms with Crippen LogP contribution in [0.5, 0.6) is 5.75 Å². The molecule has 1 heterocycles. The highest BCUT2D eigenvalue weighted by Crippen LogP contribution is 2.17. The third-order valence-electron chi connectivity index (χ3n) is 5.75. The van der Waals surface area contributed by atoms with E-state index in [0.717, 1.165) is 25.0 Å². The van der Waals surface area contributed by atoms with Crippen LogP contribution in [0.2, 0.25) is 0 Å². The lowest BCUT2D eigenvalue weighted by Gasteiger charge is -2.27. The Kier molecular flexibility index (Phi) is 8.30. The predicted octanol–water partition coefficient (Wildman–Crippen LogP) is 4.81. The molecule has 3 aromatic rings. The van der Waals surface area contributed by atoms with Crippen molar-refractivity contribution in [3.05, 3.63) is 95.6 Å². The van der Waals surface area contributed by atoms with Crippen LogP contribution in [-0.2, 0) is 11.2 Å². The molecule has 0 unspecified atom stereocenters. The third kappa shape index (κ3) is 6.68. The molecule has 1 aliphatic heterocycles. The van der Waals surface area contributed by atoms with Crippen molar-refractivity contribution in [2.24, 2.45) is 0 Å². The van der Waals surface area contributed by atoms with Crippen LogP contribution in [0.25, 0.3) is 0 Å². The number of benzene rings is 3. The van der Waals surface area contributed by atoms with Gasteiger partial charge in [0, 0.05) is 29.9 Å². The summed E-state index contributed by atoms with van der Waals surface area (Å²) < 4.78 is 11.1. The number of anilines is 1. The Balaban J connectivity index is 1.24. The zero-order valence-corrected chi connectivity index (χ0v) is 19.2. The fourth-order valence-electron chi connectivity index (χ4n) is 3.85. The van der Waals surface area contributed by atoms with E-state index in [-0.39, 0.29) is 11.8 Å². The molecule has 1 N–H and O–H groups in total. The normalized spacial score (nSPS) is 13.4. The number of hydrogen-bond donors (Lipinski definition) is 1. The molecule has 176 valence electrons. The Morgan fingerprint density at radius 3 is 2.38 bits per heavy atom. The largest absolute Gasteiger partial charge is 0.494 e.